The van der Waals surface area contributed by atoms with Crippen LogP contribution in [0.1, 0.15) is 65.9 Å². The van der Waals surface area contributed by atoms with E-state index in [-0.39, 0.29) is 17.9 Å². The number of carbonyl (C=O) groups excluding carboxylic acids is 1. The van der Waals surface area contributed by atoms with Gasteiger partial charge in [0.05, 0.1) is 18.4 Å². The predicted octanol–water partition coefficient (Wildman–Crippen LogP) is 3.73. The fourth-order valence-electron chi connectivity index (χ4n) is 3.45. The maximum absolute atomic E-state index is 12.4. The highest BCUT2D eigenvalue weighted by atomic mass is 16.5. The average molecular weight is 348 g/mol. The predicted molar refractivity (Wildman–Crippen MR) is 100.0 cm³/mol. The van der Waals surface area contributed by atoms with E-state index in [4.69, 9.17) is 4.74 Å². The molecule has 0 atom stereocenters. The highest BCUT2D eigenvalue weighted by Gasteiger charge is 2.49. The van der Waals surface area contributed by atoms with E-state index < -0.39 is 5.60 Å². The van der Waals surface area contributed by atoms with Gasteiger partial charge < -0.3 is 9.84 Å². The molecule has 140 valence electrons. The van der Waals surface area contributed by atoms with E-state index in [1.165, 1.54) is 0 Å². The van der Waals surface area contributed by atoms with Crippen molar-refractivity contribution in [2.75, 3.05) is 11.5 Å². The third-order valence-corrected chi connectivity index (χ3v) is 5.11. The first-order valence-electron chi connectivity index (χ1n) is 9.60. The molecule has 1 aromatic heterocycles. The Morgan fingerprint density at radius 3 is 2.64 bits per heavy atom. The largest absolute Gasteiger partial charge is 0.492 e. The van der Waals surface area contributed by atoms with Gasteiger partial charge in [0.1, 0.15) is 11.6 Å². The first-order valence-corrected chi connectivity index (χ1v) is 9.60. The Kier molecular flexibility index (Phi) is 6.44. The van der Waals surface area contributed by atoms with Crippen molar-refractivity contribution in [2.45, 2.75) is 78.4 Å². The zero-order valence-corrected chi connectivity index (χ0v) is 16.2. The Hall–Kier alpha value is -1.62. The zero-order valence-electron chi connectivity index (χ0n) is 16.2. The number of nitrogens with zero attached hydrogens (tertiary/aromatic N) is 2. The molecule has 2 aliphatic rings. The number of aromatic nitrogens is 1. The lowest BCUT2D eigenvalue weighted by Gasteiger charge is -2.51. The Bertz CT molecular complexity index is 595. The van der Waals surface area contributed by atoms with E-state index >= 15 is 0 Å². The molecule has 0 saturated heterocycles. The highest BCUT2D eigenvalue weighted by Crippen LogP contribution is 2.44. The maximum atomic E-state index is 12.4. The standard InChI is InChI=1S/C18H26N2O3.C2H6/c1-4-7-23-15-8-13-5-6-16(21)20(17(13)19-11-15)14-9-18(22,10-14)12(2)3;1-2/h8,11-12,14,22H,4-7,9-10H2,1-3H3;1-2H3. The molecule has 1 N–H and O–H groups in total. The van der Waals surface area contributed by atoms with E-state index in [1.807, 2.05) is 33.8 Å². The molecule has 1 fully saturated rings. The van der Waals surface area contributed by atoms with E-state index in [1.54, 1.807) is 11.1 Å². The maximum Gasteiger partial charge on any atom is 0.228 e. The molecule has 1 aliphatic heterocycles. The number of fused-ring (bicyclic) bond motifs is 1. The van der Waals surface area contributed by atoms with Gasteiger partial charge in [-0.25, -0.2) is 4.98 Å². The SMILES string of the molecule is CC.CCCOc1cnc2c(c1)CCC(=O)N2C1CC(O)(C(C)C)C1. The Morgan fingerprint density at radius 1 is 1.36 bits per heavy atom. The van der Waals surface area contributed by atoms with E-state index in [0.29, 0.717) is 32.3 Å². The molecule has 25 heavy (non-hydrogen) atoms. The molecule has 1 aliphatic carbocycles. The number of aryl methyl sites for hydroxylation is 1. The number of hydrogen-bond acceptors (Lipinski definition) is 4. The monoisotopic (exact) mass is 348 g/mol. The van der Waals surface area contributed by atoms with Crippen LogP contribution in [-0.4, -0.2) is 34.2 Å². The van der Waals surface area contributed by atoms with Crippen molar-refractivity contribution < 1.29 is 14.6 Å². The van der Waals surface area contributed by atoms with Crippen LogP contribution in [-0.2, 0) is 11.2 Å². The van der Waals surface area contributed by atoms with Gasteiger partial charge >= 0.3 is 0 Å². The lowest BCUT2D eigenvalue weighted by molar-refractivity contribution is -0.124. The Balaban J connectivity index is 0.00000109. The van der Waals surface area contributed by atoms with Gasteiger partial charge in [-0.2, -0.15) is 0 Å². The second-order valence-electron chi connectivity index (χ2n) is 7.09. The summed E-state index contributed by atoms with van der Waals surface area (Å²) in [5.41, 5.74) is 0.422. The van der Waals surface area contributed by atoms with Crippen LogP contribution in [0.4, 0.5) is 5.82 Å². The van der Waals surface area contributed by atoms with Crippen LogP contribution in [0.25, 0.3) is 0 Å². The molecule has 5 nitrogen and oxygen atoms in total. The van der Waals surface area contributed by atoms with Crippen LogP contribution >= 0.6 is 0 Å². The van der Waals surface area contributed by atoms with Crippen molar-refractivity contribution in [3.05, 3.63) is 17.8 Å². The lowest BCUT2D eigenvalue weighted by Crippen LogP contribution is -2.60. The Labute approximate surface area is 151 Å². The van der Waals surface area contributed by atoms with E-state index in [0.717, 1.165) is 23.6 Å². The van der Waals surface area contributed by atoms with Gasteiger partial charge in [-0.15, -0.1) is 0 Å². The van der Waals surface area contributed by atoms with Crippen LogP contribution in [0, 0.1) is 5.92 Å². The summed E-state index contributed by atoms with van der Waals surface area (Å²) in [7, 11) is 0. The summed E-state index contributed by atoms with van der Waals surface area (Å²) in [5, 5.41) is 10.5. The molecule has 1 aromatic rings. The molecule has 2 heterocycles. The van der Waals surface area contributed by atoms with Crippen LogP contribution in [0.2, 0.25) is 0 Å². The summed E-state index contributed by atoms with van der Waals surface area (Å²) in [5.74, 6) is 1.84. The zero-order chi connectivity index (χ0) is 18.6. The first kappa shape index (κ1) is 19.7. The third kappa shape index (κ3) is 3.97. The normalized spacial score (nSPS) is 25.0. The van der Waals surface area contributed by atoms with Crippen molar-refractivity contribution in [2.24, 2.45) is 5.92 Å². The smallest absolute Gasteiger partial charge is 0.228 e. The Morgan fingerprint density at radius 2 is 2.04 bits per heavy atom. The second kappa shape index (κ2) is 8.17. The topological polar surface area (TPSA) is 62.7 Å². The highest BCUT2D eigenvalue weighted by molar-refractivity contribution is 5.96. The van der Waals surface area contributed by atoms with Crippen molar-refractivity contribution in [1.29, 1.82) is 0 Å². The average Bonchev–Trinajstić information content (AvgIpc) is 2.59. The van der Waals surface area contributed by atoms with Crippen LogP contribution < -0.4 is 9.64 Å². The quantitative estimate of drug-likeness (QED) is 0.881. The molecule has 5 heteroatoms. The number of carbonyl (C=O) groups is 1. The molecular weight excluding hydrogens is 316 g/mol. The van der Waals surface area contributed by atoms with Crippen molar-refractivity contribution in [1.82, 2.24) is 4.98 Å². The third-order valence-electron chi connectivity index (χ3n) is 5.11. The summed E-state index contributed by atoms with van der Waals surface area (Å²) in [6.07, 6.45) is 5.13. The van der Waals surface area contributed by atoms with Gasteiger partial charge in [-0.3, -0.25) is 9.69 Å². The van der Waals surface area contributed by atoms with E-state index in [2.05, 4.69) is 11.9 Å². The van der Waals surface area contributed by atoms with Gasteiger partial charge in [0.15, 0.2) is 0 Å². The minimum Gasteiger partial charge on any atom is -0.492 e. The number of aliphatic hydroxyl groups is 1. The fourth-order valence-corrected chi connectivity index (χ4v) is 3.45. The second-order valence-corrected chi connectivity index (χ2v) is 7.09. The fraction of sp³-hybridized carbons (Fsp3) is 0.700. The number of amides is 1. The molecule has 3 rings (SSSR count). The summed E-state index contributed by atoms with van der Waals surface area (Å²) < 4.78 is 5.64. The summed E-state index contributed by atoms with van der Waals surface area (Å²) in [6.45, 7) is 10.8. The first-order chi connectivity index (χ1) is 11.9. The van der Waals surface area contributed by atoms with Crippen LogP contribution in [0.5, 0.6) is 5.75 Å². The lowest BCUT2D eigenvalue weighted by atomic mass is 9.68. The molecule has 0 aromatic carbocycles. The van der Waals surface area contributed by atoms with Gasteiger partial charge in [0.2, 0.25) is 5.91 Å². The van der Waals surface area contributed by atoms with E-state index in [9.17, 15) is 9.90 Å². The van der Waals surface area contributed by atoms with Crippen molar-refractivity contribution >= 4 is 11.7 Å². The number of hydrogen-bond donors (Lipinski definition) is 1. The minimum absolute atomic E-state index is 0.0591. The van der Waals surface area contributed by atoms with Crippen molar-refractivity contribution in [3.8, 4) is 5.75 Å². The van der Waals surface area contributed by atoms with Crippen molar-refractivity contribution in [3.63, 3.8) is 0 Å². The molecule has 0 unspecified atom stereocenters. The number of rotatable bonds is 5. The molecule has 0 spiro atoms. The summed E-state index contributed by atoms with van der Waals surface area (Å²) >= 11 is 0. The van der Waals surface area contributed by atoms with Gasteiger partial charge in [-0.1, -0.05) is 34.6 Å². The number of pyridine rings is 1. The molecule has 1 saturated carbocycles. The molecular formula is C20H32N2O3. The number of anilines is 1. The molecule has 0 bridgehead atoms. The van der Waals surface area contributed by atoms with Gasteiger partial charge in [0, 0.05) is 12.5 Å². The van der Waals surface area contributed by atoms with Crippen LogP contribution in [0.3, 0.4) is 0 Å². The van der Waals surface area contributed by atoms with Gasteiger partial charge in [-0.05, 0) is 43.2 Å². The van der Waals surface area contributed by atoms with Crippen LogP contribution in [0.15, 0.2) is 12.3 Å². The summed E-state index contributed by atoms with van der Waals surface area (Å²) in [4.78, 5) is 18.7. The number of ether oxygens (including phenoxy) is 1. The summed E-state index contributed by atoms with van der Waals surface area (Å²) in [6, 6.07) is 2.06. The molecule has 0 radical (unpaired) electrons. The van der Waals surface area contributed by atoms with Gasteiger partial charge in [0.25, 0.3) is 0 Å². The minimum atomic E-state index is -0.646. The molecule has 1 amide bonds.